The number of hydrogen-bond donors (Lipinski definition) is 0. The zero-order valence-corrected chi connectivity index (χ0v) is 17.1. The fraction of sp³-hybridized carbons (Fsp3) is 0.600. The summed E-state index contributed by atoms with van der Waals surface area (Å²) in [6, 6.07) is 0. The first-order valence-corrected chi connectivity index (χ1v) is 9.52. The molecule has 1 saturated heterocycles. The first-order chi connectivity index (χ1) is 13.5. The number of alkyl halides is 1. The quantitative estimate of drug-likeness (QED) is 0.557. The van der Waals surface area contributed by atoms with Crippen LogP contribution in [0.15, 0.2) is 12.2 Å². The smallest absolute Gasteiger partial charge is 0.264 e. The van der Waals surface area contributed by atoms with Gasteiger partial charge in [-0.25, -0.2) is 4.39 Å². The van der Waals surface area contributed by atoms with E-state index in [9.17, 15) is 33.2 Å². The van der Waals surface area contributed by atoms with E-state index in [1.54, 1.807) is 27.7 Å². The van der Waals surface area contributed by atoms with Crippen molar-refractivity contribution in [1.29, 1.82) is 0 Å². The Labute approximate surface area is 169 Å². The molecule has 4 amide bonds. The predicted octanol–water partition coefficient (Wildman–Crippen LogP) is 1.23. The largest absolute Gasteiger partial charge is 0.299 e. The first kappa shape index (κ1) is 24.3. The molecular weight excluding hydrogens is 383 g/mol. The van der Waals surface area contributed by atoms with Gasteiger partial charge in [0.05, 0.1) is 6.42 Å². The number of ketones is 2. The summed E-state index contributed by atoms with van der Waals surface area (Å²) in [5.74, 6) is -2.12. The third-order valence-corrected chi connectivity index (χ3v) is 4.54. The molecule has 9 heteroatoms. The molecule has 0 aliphatic carbocycles. The second kappa shape index (κ2) is 10.7. The van der Waals surface area contributed by atoms with Gasteiger partial charge in [-0.3, -0.25) is 38.6 Å². The van der Waals surface area contributed by atoms with Gasteiger partial charge in [0.15, 0.2) is 6.17 Å². The number of amides is 4. The molecule has 0 aromatic carbocycles. The van der Waals surface area contributed by atoms with E-state index in [2.05, 4.69) is 0 Å². The average molecular weight is 410 g/mol. The molecular formula is C20H27FN2O6. The molecule has 1 unspecified atom stereocenters. The van der Waals surface area contributed by atoms with E-state index in [0.29, 0.717) is 0 Å². The van der Waals surface area contributed by atoms with Crippen molar-refractivity contribution in [3.8, 4) is 0 Å². The summed E-state index contributed by atoms with van der Waals surface area (Å²) in [6.07, 6.45) is 0.712. The number of nitrogens with zero attached hydrogens (tertiary/aromatic N) is 2. The second-order valence-electron chi connectivity index (χ2n) is 7.46. The van der Waals surface area contributed by atoms with Crippen LogP contribution in [0.25, 0.3) is 0 Å². The Kier molecular flexibility index (Phi) is 9.00. The summed E-state index contributed by atoms with van der Waals surface area (Å²) >= 11 is 0. The van der Waals surface area contributed by atoms with Gasteiger partial charge in [0.25, 0.3) is 17.7 Å². The van der Waals surface area contributed by atoms with Crippen LogP contribution in [0.3, 0.4) is 0 Å². The van der Waals surface area contributed by atoms with Gasteiger partial charge >= 0.3 is 0 Å². The number of carbonyl (C=O) groups excluding carboxylic acids is 6. The number of imide groups is 2. The fourth-order valence-corrected chi connectivity index (χ4v) is 2.55. The molecule has 2 aliphatic heterocycles. The van der Waals surface area contributed by atoms with Crippen molar-refractivity contribution < 1.29 is 33.2 Å². The highest BCUT2D eigenvalue weighted by Crippen LogP contribution is 2.16. The molecule has 0 bridgehead atoms. The van der Waals surface area contributed by atoms with Crippen LogP contribution >= 0.6 is 0 Å². The summed E-state index contributed by atoms with van der Waals surface area (Å²) in [4.78, 5) is 68.8. The van der Waals surface area contributed by atoms with E-state index in [4.69, 9.17) is 0 Å². The van der Waals surface area contributed by atoms with Gasteiger partial charge in [-0.15, -0.1) is 0 Å². The van der Waals surface area contributed by atoms with Crippen LogP contribution < -0.4 is 0 Å². The van der Waals surface area contributed by atoms with Crippen LogP contribution in [0.1, 0.15) is 47.0 Å². The third kappa shape index (κ3) is 6.99. The van der Waals surface area contributed by atoms with Crippen molar-refractivity contribution in [3.63, 3.8) is 0 Å². The molecule has 0 spiro atoms. The zero-order valence-electron chi connectivity index (χ0n) is 17.1. The van der Waals surface area contributed by atoms with Crippen molar-refractivity contribution in [2.75, 3.05) is 13.1 Å². The van der Waals surface area contributed by atoms with Crippen molar-refractivity contribution >= 4 is 35.2 Å². The lowest BCUT2D eigenvalue weighted by Crippen LogP contribution is -2.33. The summed E-state index contributed by atoms with van der Waals surface area (Å²) in [5.41, 5.74) is 0. The van der Waals surface area contributed by atoms with Gasteiger partial charge in [0.2, 0.25) is 5.91 Å². The van der Waals surface area contributed by atoms with Gasteiger partial charge in [-0.1, -0.05) is 27.7 Å². The summed E-state index contributed by atoms with van der Waals surface area (Å²) < 4.78 is 12.8. The Bertz CT molecular complexity index is 710. The predicted molar refractivity (Wildman–Crippen MR) is 101 cm³/mol. The number of halogens is 1. The van der Waals surface area contributed by atoms with Crippen molar-refractivity contribution in [2.24, 2.45) is 11.8 Å². The van der Waals surface area contributed by atoms with E-state index in [0.717, 1.165) is 9.80 Å². The van der Waals surface area contributed by atoms with E-state index < -0.39 is 18.0 Å². The van der Waals surface area contributed by atoms with Crippen LogP contribution in [0.4, 0.5) is 4.39 Å². The van der Waals surface area contributed by atoms with Gasteiger partial charge in [0, 0.05) is 49.9 Å². The maximum Gasteiger partial charge on any atom is 0.264 e. The molecule has 8 nitrogen and oxygen atoms in total. The minimum absolute atomic E-state index is 0.00903. The minimum Gasteiger partial charge on any atom is -0.299 e. The Balaban J connectivity index is 0.000000291. The Hall–Kier alpha value is -2.71. The maximum atomic E-state index is 12.8. The molecule has 0 aromatic heterocycles. The summed E-state index contributed by atoms with van der Waals surface area (Å²) in [6.45, 7) is 7.29. The second-order valence-corrected chi connectivity index (χ2v) is 7.46. The summed E-state index contributed by atoms with van der Waals surface area (Å²) in [7, 11) is 0. The third-order valence-electron chi connectivity index (χ3n) is 4.54. The van der Waals surface area contributed by atoms with Gasteiger partial charge in [-0.2, -0.15) is 0 Å². The van der Waals surface area contributed by atoms with Crippen molar-refractivity contribution in [3.05, 3.63) is 12.2 Å². The molecule has 0 aromatic rings. The highest BCUT2D eigenvalue weighted by atomic mass is 19.1. The average Bonchev–Trinajstić information content (AvgIpc) is 3.09. The Morgan fingerprint density at radius 1 is 0.897 bits per heavy atom. The number of rotatable bonds is 8. The van der Waals surface area contributed by atoms with Crippen molar-refractivity contribution in [1.82, 2.24) is 9.80 Å². The van der Waals surface area contributed by atoms with E-state index in [-0.39, 0.29) is 67.6 Å². The lowest BCUT2D eigenvalue weighted by molar-refractivity contribution is -0.141. The Morgan fingerprint density at radius 2 is 1.31 bits per heavy atom. The molecule has 0 N–H and O–H groups in total. The monoisotopic (exact) mass is 410 g/mol. The van der Waals surface area contributed by atoms with Crippen molar-refractivity contribution in [2.45, 2.75) is 53.1 Å². The molecule has 2 heterocycles. The first-order valence-electron chi connectivity index (χ1n) is 9.52. The number of hydrogen-bond acceptors (Lipinski definition) is 6. The fourth-order valence-electron chi connectivity index (χ4n) is 2.55. The van der Waals surface area contributed by atoms with Crippen LogP contribution in [0.5, 0.6) is 0 Å². The molecule has 2 aliphatic rings. The highest BCUT2D eigenvalue weighted by Gasteiger charge is 2.38. The molecule has 160 valence electrons. The zero-order chi connectivity index (χ0) is 22.3. The van der Waals surface area contributed by atoms with Crippen LogP contribution in [0.2, 0.25) is 0 Å². The van der Waals surface area contributed by atoms with Gasteiger partial charge < -0.3 is 0 Å². The number of Topliss-reactive ketones (excluding diaryl/α,β-unsaturated/α-hetero) is 2. The molecule has 29 heavy (non-hydrogen) atoms. The van der Waals surface area contributed by atoms with E-state index >= 15 is 0 Å². The topological polar surface area (TPSA) is 109 Å². The van der Waals surface area contributed by atoms with Crippen LogP contribution in [0, 0.1) is 11.8 Å². The molecule has 0 saturated carbocycles. The van der Waals surface area contributed by atoms with Gasteiger partial charge in [0.1, 0.15) is 11.6 Å². The normalized spacial score (nSPS) is 18.8. The molecule has 2 rings (SSSR count). The summed E-state index contributed by atoms with van der Waals surface area (Å²) in [5, 5.41) is 0. The highest BCUT2D eigenvalue weighted by molar-refractivity contribution is 6.13. The SMILES string of the molecule is CC(C)C(=O)CCN1C(=O)C=CC1=O.CC(C)C(=O)CCN1C(=O)CC(F)C1=O. The molecule has 0 radical (unpaired) electrons. The van der Waals surface area contributed by atoms with Crippen LogP contribution in [-0.2, 0) is 28.8 Å². The number of likely N-dealkylation sites (tertiary alicyclic amines) is 1. The standard InChI is InChI=1S/C10H14FNO3.C10H13NO3/c1-6(2)8(13)3-4-12-9(14)5-7(11)10(12)15;1-7(2)8(12)5-6-11-9(13)3-4-10(11)14/h6-7H,3-5H2,1-2H3;3-4,7H,5-6H2,1-2H3. The molecule has 1 fully saturated rings. The minimum atomic E-state index is -1.72. The van der Waals surface area contributed by atoms with E-state index in [1.165, 1.54) is 12.2 Å². The lowest BCUT2D eigenvalue weighted by Gasteiger charge is -2.13. The molecule has 1 atom stereocenters. The van der Waals surface area contributed by atoms with Crippen LogP contribution in [-0.4, -0.2) is 64.3 Å². The van der Waals surface area contributed by atoms with Gasteiger partial charge in [-0.05, 0) is 0 Å². The lowest BCUT2D eigenvalue weighted by atomic mass is 10.1. The Morgan fingerprint density at radius 3 is 1.66 bits per heavy atom. The van der Waals surface area contributed by atoms with E-state index in [1.807, 2.05) is 0 Å². The number of carbonyl (C=O) groups is 6. The maximum absolute atomic E-state index is 12.8.